The van der Waals surface area contributed by atoms with Crippen LogP contribution in [0.5, 0.6) is 0 Å². The van der Waals surface area contributed by atoms with E-state index in [0.717, 1.165) is 12.1 Å². The first-order valence-electron chi connectivity index (χ1n) is 11.1. The predicted molar refractivity (Wildman–Crippen MR) is 139 cm³/mol. The van der Waals surface area contributed by atoms with Gasteiger partial charge >= 0.3 is 70.5 Å². The van der Waals surface area contributed by atoms with Gasteiger partial charge in [-0.15, -0.1) is 0 Å². The molecule has 1 heterocycles. The summed E-state index contributed by atoms with van der Waals surface area (Å²) in [5, 5.41) is 4.92. The van der Waals surface area contributed by atoms with E-state index in [1.54, 1.807) is 0 Å². The maximum absolute atomic E-state index is 13.4. The van der Waals surface area contributed by atoms with Crippen LogP contribution in [-0.4, -0.2) is 52.5 Å². The van der Waals surface area contributed by atoms with Crippen LogP contribution in [0.4, 0.5) is 28.7 Å². The van der Waals surface area contributed by atoms with Crippen molar-refractivity contribution in [2.75, 3.05) is 16.4 Å². The average Bonchev–Trinajstić information content (AvgIpc) is 2.87. The standard InChI is InChI=1S/C23H16N6O10S2.2Na/c24-18-15(41(37,38)39)8-13(16-17(18)20(31)11-4-2-1-3-10(11)19(16)30)26-12-6-5-9(7-14(12)40(34,35)36)25-21-27-22(32)29-23(33)28-21;;/h1-8,26H,24H2,(H,34,35,36)(H,37,38,39)(H3,25,27,28,29,32,33);;/q;2*+1/p-2. The number of nitrogens with zero attached hydrogens (tertiary/aromatic N) is 1. The molecule has 4 aromatic rings. The Morgan fingerprint density at radius 1 is 0.721 bits per heavy atom. The van der Waals surface area contributed by atoms with Crippen molar-refractivity contribution in [3.05, 3.63) is 91.8 Å². The summed E-state index contributed by atoms with van der Waals surface area (Å²) in [7, 11) is -10.6. The number of aromatic nitrogens is 3. The van der Waals surface area contributed by atoms with Gasteiger partial charge in [0.05, 0.1) is 38.0 Å². The first-order valence-corrected chi connectivity index (χ1v) is 13.9. The zero-order valence-corrected chi connectivity index (χ0v) is 27.7. The fraction of sp³-hybridized carbons (Fsp3) is 0. The fourth-order valence-corrected chi connectivity index (χ4v) is 5.54. The molecule has 0 fully saturated rings. The second kappa shape index (κ2) is 12.4. The fourth-order valence-electron chi connectivity index (χ4n) is 4.24. The van der Waals surface area contributed by atoms with Gasteiger partial charge in [-0.2, -0.15) is 4.98 Å². The van der Waals surface area contributed by atoms with Crippen LogP contribution < -0.4 is 86.9 Å². The second-order valence-corrected chi connectivity index (χ2v) is 11.2. The van der Waals surface area contributed by atoms with Crippen LogP contribution in [0.3, 0.4) is 0 Å². The van der Waals surface area contributed by atoms with E-state index in [9.17, 15) is 45.1 Å². The van der Waals surface area contributed by atoms with Crippen LogP contribution >= 0.6 is 0 Å². The number of H-pyrrole nitrogens is 2. The minimum atomic E-state index is -5.32. The number of benzene rings is 3. The molecule has 1 aromatic heterocycles. The van der Waals surface area contributed by atoms with Crippen molar-refractivity contribution in [2.24, 2.45) is 0 Å². The number of nitrogens with two attached hydrogens (primary N) is 1. The molecule has 0 saturated heterocycles. The summed E-state index contributed by atoms with van der Waals surface area (Å²) in [4.78, 5) is 55.1. The number of hydrogen-bond acceptors (Lipinski definition) is 14. The van der Waals surface area contributed by atoms with Gasteiger partial charge < -0.3 is 25.5 Å². The van der Waals surface area contributed by atoms with Gasteiger partial charge in [0.25, 0.3) is 0 Å². The first-order chi connectivity index (χ1) is 19.1. The molecular formula is C23H14N6Na2O10S2. The average molecular weight is 645 g/mol. The minimum absolute atomic E-state index is 0. The quantitative estimate of drug-likeness (QED) is 0.0654. The third-order valence-corrected chi connectivity index (χ3v) is 7.67. The number of fused-ring (bicyclic) bond motifs is 2. The smallest absolute Gasteiger partial charge is 0.744 e. The summed E-state index contributed by atoms with van der Waals surface area (Å²) in [5.41, 5.74) is 0.809. The van der Waals surface area contributed by atoms with Crippen LogP contribution in [0.1, 0.15) is 31.8 Å². The third kappa shape index (κ3) is 6.68. The molecule has 6 N–H and O–H groups in total. The Morgan fingerprint density at radius 2 is 1.30 bits per heavy atom. The number of carbonyl (C=O) groups excluding carboxylic acids is 2. The molecule has 0 amide bonds. The van der Waals surface area contributed by atoms with E-state index in [1.165, 1.54) is 30.3 Å². The van der Waals surface area contributed by atoms with E-state index in [-0.39, 0.29) is 75.9 Å². The molecule has 1 aliphatic rings. The van der Waals surface area contributed by atoms with Crippen molar-refractivity contribution < 1.29 is 94.6 Å². The van der Waals surface area contributed by atoms with E-state index in [0.29, 0.717) is 6.07 Å². The number of carbonyl (C=O) groups is 2. The molecule has 0 unspecified atom stereocenters. The Hall–Kier alpha value is -3.17. The van der Waals surface area contributed by atoms with Crippen LogP contribution in [0.2, 0.25) is 0 Å². The van der Waals surface area contributed by atoms with Gasteiger partial charge in [-0.1, -0.05) is 24.3 Å². The Kier molecular flexibility index (Phi) is 9.93. The van der Waals surface area contributed by atoms with Crippen molar-refractivity contribution in [2.45, 2.75) is 9.79 Å². The molecule has 20 heteroatoms. The molecule has 0 aliphatic heterocycles. The number of anilines is 5. The van der Waals surface area contributed by atoms with Crippen molar-refractivity contribution in [1.82, 2.24) is 15.0 Å². The van der Waals surface area contributed by atoms with Gasteiger partial charge in [0.15, 0.2) is 11.6 Å². The van der Waals surface area contributed by atoms with Crippen LogP contribution in [0.25, 0.3) is 0 Å². The van der Waals surface area contributed by atoms with Gasteiger partial charge in [-0.25, -0.2) is 26.4 Å². The molecule has 5 rings (SSSR count). The molecule has 1 aliphatic carbocycles. The molecule has 0 atom stereocenters. The SMILES string of the molecule is Nc1c(S(=O)(=O)[O-])cc(Nc2ccc(Nc3nc(=O)[nH]c(=O)[nH]3)cc2S(=O)(=O)[O-])c2c1C(=O)c1ccccc1C2=O.[Na+].[Na+]. The van der Waals surface area contributed by atoms with E-state index in [2.05, 4.69) is 20.6 Å². The number of nitrogens with one attached hydrogen (secondary N) is 4. The normalized spacial score (nSPS) is 12.3. The summed E-state index contributed by atoms with van der Waals surface area (Å²) in [6.45, 7) is 0. The molecule has 0 saturated carbocycles. The summed E-state index contributed by atoms with van der Waals surface area (Å²) in [5.74, 6) is -2.06. The van der Waals surface area contributed by atoms with Gasteiger partial charge in [0, 0.05) is 16.8 Å². The maximum Gasteiger partial charge on any atom is 1.00 e. The second-order valence-electron chi connectivity index (χ2n) is 8.50. The number of rotatable bonds is 6. The number of hydrogen-bond donors (Lipinski definition) is 5. The number of ketones is 2. The van der Waals surface area contributed by atoms with Crippen LogP contribution in [0, 0.1) is 0 Å². The Bertz CT molecular complexity index is 2140. The van der Waals surface area contributed by atoms with Crippen molar-refractivity contribution in [3.8, 4) is 0 Å². The topological polar surface area (TPSA) is 277 Å². The monoisotopic (exact) mass is 644 g/mol. The van der Waals surface area contributed by atoms with E-state index < -0.39 is 87.1 Å². The molecule has 0 spiro atoms. The zero-order chi connectivity index (χ0) is 29.9. The molecule has 0 bridgehead atoms. The maximum atomic E-state index is 13.4. The number of aromatic amines is 2. The van der Waals surface area contributed by atoms with E-state index >= 15 is 0 Å². The van der Waals surface area contributed by atoms with Crippen molar-refractivity contribution in [1.29, 1.82) is 0 Å². The van der Waals surface area contributed by atoms with Crippen LogP contribution in [-0.2, 0) is 20.2 Å². The largest absolute Gasteiger partial charge is 1.00 e. The molecule has 43 heavy (non-hydrogen) atoms. The van der Waals surface area contributed by atoms with Crippen molar-refractivity contribution >= 4 is 60.5 Å². The summed E-state index contributed by atoms with van der Waals surface area (Å²) < 4.78 is 72.5. The van der Waals surface area contributed by atoms with E-state index in [4.69, 9.17) is 5.73 Å². The number of nitrogen functional groups attached to an aromatic ring is 1. The molecular weight excluding hydrogens is 630 g/mol. The first kappa shape index (κ1) is 34.3. The van der Waals surface area contributed by atoms with Crippen LogP contribution in [0.15, 0.2) is 67.9 Å². The molecule has 3 aromatic carbocycles. The van der Waals surface area contributed by atoms with Gasteiger partial charge in [-0.05, 0) is 24.3 Å². The summed E-state index contributed by atoms with van der Waals surface area (Å²) in [6, 6.07) is 9.22. The Labute approximate surface area is 285 Å². The minimum Gasteiger partial charge on any atom is -0.744 e. The van der Waals surface area contributed by atoms with Gasteiger partial charge in [-0.3, -0.25) is 19.6 Å². The van der Waals surface area contributed by atoms with E-state index in [1.807, 2.05) is 4.98 Å². The Morgan fingerprint density at radius 3 is 1.86 bits per heavy atom. The predicted octanol–water partition coefficient (Wildman–Crippen LogP) is -5.88. The summed E-state index contributed by atoms with van der Waals surface area (Å²) >= 11 is 0. The molecule has 0 radical (unpaired) electrons. The zero-order valence-electron chi connectivity index (χ0n) is 22.0. The third-order valence-electron chi connectivity index (χ3n) is 5.92. The Balaban J connectivity index is 0.00000253. The van der Waals surface area contributed by atoms with Gasteiger partial charge in [0.2, 0.25) is 5.95 Å². The molecule has 16 nitrogen and oxygen atoms in total. The molecule has 210 valence electrons. The van der Waals surface area contributed by atoms with Crippen molar-refractivity contribution in [3.63, 3.8) is 0 Å². The van der Waals surface area contributed by atoms with Gasteiger partial charge in [0.1, 0.15) is 20.2 Å². The summed E-state index contributed by atoms with van der Waals surface area (Å²) in [6.07, 6.45) is 0.